The van der Waals surface area contributed by atoms with Gasteiger partial charge in [0.1, 0.15) is 0 Å². The number of esters is 1. The third-order valence-electron chi connectivity index (χ3n) is 4.10. The summed E-state index contributed by atoms with van der Waals surface area (Å²) in [4.78, 5) is 26.2. The standard InChI is InChI=1S/C18H20N2O4/c19-17(21)16(12-20-8-10-23-11-9-20)24-18(22)15-7-3-5-13-4-1-2-6-14(13)15/h1-7,16H,8-12H2,(H2,19,21). The van der Waals surface area contributed by atoms with E-state index in [1.165, 1.54) is 0 Å². The maximum Gasteiger partial charge on any atom is 0.339 e. The Hall–Kier alpha value is -2.44. The number of amides is 1. The first-order valence-corrected chi connectivity index (χ1v) is 7.93. The van der Waals surface area contributed by atoms with E-state index in [9.17, 15) is 9.59 Å². The summed E-state index contributed by atoms with van der Waals surface area (Å²) in [6.07, 6.45) is -0.977. The van der Waals surface area contributed by atoms with Crippen molar-refractivity contribution in [1.82, 2.24) is 4.90 Å². The van der Waals surface area contributed by atoms with Gasteiger partial charge < -0.3 is 15.2 Å². The number of carbonyl (C=O) groups is 2. The average molecular weight is 328 g/mol. The normalized spacial score (nSPS) is 16.7. The highest BCUT2D eigenvalue weighted by Crippen LogP contribution is 2.20. The van der Waals surface area contributed by atoms with Gasteiger partial charge in [-0.2, -0.15) is 0 Å². The number of hydrogen-bond donors (Lipinski definition) is 1. The van der Waals surface area contributed by atoms with Crippen molar-refractivity contribution >= 4 is 22.6 Å². The molecule has 3 rings (SSSR count). The lowest BCUT2D eigenvalue weighted by Gasteiger charge is -2.29. The summed E-state index contributed by atoms with van der Waals surface area (Å²) in [6, 6.07) is 12.9. The molecule has 2 aromatic rings. The lowest BCUT2D eigenvalue weighted by molar-refractivity contribution is -0.128. The van der Waals surface area contributed by atoms with E-state index < -0.39 is 18.0 Å². The molecule has 1 fully saturated rings. The largest absolute Gasteiger partial charge is 0.447 e. The van der Waals surface area contributed by atoms with Gasteiger partial charge in [-0.3, -0.25) is 9.69 Å². The highest BCUT2D eigenvalue weighted by Gasteiger charge is 2.25. The van der Waals surface area contributed by atoms with Gasteiger partial charge in [0.15, 0.2) is 6.10 Å². The Labute approximate surface area is 140 Å². The Morgan fingerprint density at radius 1 is 1.12 bits per heavy atom. The van der Waals surface area contributed by atoms with E-state index in [0.717, 1.165) is 10.8 Å². The molecule has 0 saturated carbocycles. The topological polar surface area (TPSA) is 81.9 Å². The number of morpholine rings is 1. The summed E-state index contributed by atoms with van der Waals surface area (Å²) in [5.74, 6) is -1.18. The molecule has 1 unspecified atom stereocenters. The fraction of sp³-hybridized carbons (Fsp3) is 0.333. The molecule has 1 saturated heterocycles. The van der Waals surface area contributed by atoms with Gasteiger partial charge in [0.25, 0.3) is 5.91 Å². The molecule has 1 atom stereocenters. The van der Waals surface area contributed by atoms with E-state index >= 15 is 0 Å². The van der Waals surface area contributed by atoms with Crippen LogP contribution < -0.4 is 5.73 Å². The summed E-state index contributed by atoms with van der Waals surface area (Å²) in [6.45, 7) is 2.87. The van der Waals surface area contributed by atoms with Crippen LogP contribution in [0.15, 0.2) is 42.5 Å². The maximum absolute atomic E-state index is 12.5. The van der Waals surface area contributed by atoms with Crippen LogP contribution in [0.2, 0.25) is 0 Å². The molecule has 6 nitrogen and oxygen atoms in total. The predicted octanol–water partition coefficient (Wildman–Crippen LogP) is 1.18. The molecule has 1 aliphatic heterocycles. The van der Waals surface area contributed by atoms with Crippen molar-refractivity contribution in [3.8, 4) is 0 Å². The summed E-state index contributed by atoms with van der Waals surface area (Å²) >= 11 is 0. The minimum absolute atomic E-state index is 0.287. The zero-order valence-corrected chi connectivity index (χ0v) is 13.3. The molecule has 6 heteroatoms. The number of nitrogens with two attached hydrogens (primary N) is 1. The van der Waals surface area contributed by atoms with Crippen LogP contribution in [-0.2, 0) is 14.3 Å². The number of rotatable bonds is 5. The SMILES string of the molecule is NC(=O)C(CN1CCOCC1)OC(=O)c1cccc2ccccc12. The molecule has 0 spiro atoms. The summed E-state index contributed by atoms with van der Waals surface area (Å²) < 4.78 is 10.7. The molecular formula is C18H20N2O4. The molecule has 2 aromatic carbocycles. The Morgan fingerprint density at radius 2 is 1.83 bits per heavy atom. The smallest absolute Gasteiger partial charge is 0.339 e. The van der Waals surface area contributed by atoms with Gasteiger partial charge >= 0.3 is 5.97 Å². The lowest BCUT2D eigenvalue weighted by atomic mass is 10.0. The van der Waals surface area contributed by atoms with E-state index in [0.29, 0.717) is 31.9 Å². The van der Waals surface area contributed by atoms with Crippen molar-refractivity contribution in [1.29, 1.82) is 0 Å². The third-order valence-corrected chi connectivity index (χ3v) is 4.10. The Morgan fingerprint density at radius 3 is 2.58 bits per heavy atom. The molecule has 0 radical (unpaired) electrons. The molecule has 1 aliphatic rings. The minimum atomic E-state index is -0.977. The van der Waals surface area contributed by atoms with Crippen molar-refractivity contribution < 1.29 is 19.1 Å². The Bertz CT molecular complexity index is 735. The molecule has 0 aliphatic carbocycles. The van der Waals surface area contributed by atoms with E-state index in [2.05, 4.69) is 0 Å². The molecule has 126 valence electrons. The first kappa shape index (κ1) is 16.4. The summed E-state index contributed by atoms with van der Waals surface area (Å²) in [5, 5.41) is 1.73. The number of primary amides is 1. The van der Waals surface area contributed by atoms with Crippen LogP contribution in [0, 0.1) is 0 Å². The monoisotopic (exact) mass is 328 g/mol. The molecule has 1 heterocycles. The van der Waals surface area contributed by atoms with Gasteiger partial charge in [-0.1, -0.05) is 36.4 Å². The van der Waals surface area contributed by atoms with Crippen molar-refractivity contribution in [3.05, 3.63) is 48.0 Å². The molecule has 24 heavy (non-hydrogen) atoms. The second kappa shape index (κ2) is 7.42. The van der Waals surface area contributed by atoms with Gasteiger partial charge in [0.05, 0.1) is 18.8 Å². The molecular weight excluding hydrogens is 308 g/mol. The molecule has 2 N–H and O–H groups in total. The van der Waals surface area contributed by atoms with Crippen molar-refractivity contribution in [2.45, 2.75) is 6.10 Å². The van der Waals surface area contributed by atoms with Crippen LogP contribution >= 0.6 is 0 Å². The number of carbonyl (C=O) groups excluding carboxylic acids is 2. The van der Waals surface area contributed by atoms with Gasteiger partial charge in [0.2, 0.25) is 0 Å². The van der Waals surface area contributed by atoms with Crippen molar-refractivity contribution in [2.24, 2.45) is 5.73 Å². The molecule has 0 bridgehead atoms. The van der Waals surface area contributed by atoms with Crippen LogP contribution in [0.5, 0.6) is 0 Å². The molecule has 0 aromatic heterocycles. The van der Waals surface area contributed by atoms with Gasteiger partial charge in [-0.15, -0.1) is 0 Å². The van der Waals surface area contributed by atoms with Gasteiger partial charge in [-0.25, -0.2) is 4.79 Å². The first-order valence-electron chi connectivity index (χ1n) is 7.93. The quantitative estimate of drug-likeness (QED) is 0.834. The number of benzene rings is 2. The number of hydrogen-bond acceptors (Lipinski definition) is 5. The third kappa shape index (κ3) is 3.72. The minimum Gasteiger partial charge on any atom is -0.447 e. The highest BCUT2D eigenvalue weighted by atomic mass is 16.5. The van der Waals surface area contributed by atoms with Crippen molar-refractivity contribution in [2.75, 3.05) is 32.8 Å². The molecule has 1 amide bonds. The second-order valence-corrected chi connectivity index (χ2v) is 5.74. The zero-order valence-electron chi connectivity index (χ0n) is 13.3. The van der Waals surface area contributed by atoms with Crippen molar-refractivity contribution in [3.63, 3.8) is 0 Å². The zero-order chi connectivity index (χ0) is 16.9. The van der Waals surface area contributed by atoms with Gasteiger partial charge in [0, 0.05) is 19.6 Å². The van der Waals surface area contributed by atoms with Crippen LogP contribution in [0.4, 0.5) is 0 Å². The summed E-state index contributed by atoms with van der Waals surface area (Å²) in [5.41, 5.74) is 5.85. The first-order chi connectivity index (χ1) is 11.6. The average Bonchev–Trinajstić information content (AvgIpc) is 2.61. The summed E-state index contributed by atoms with van der Waals surface area (Å²) in [7, 11) is 0. The Balaban J connectivity index is 1.76. The van der Waals surface area contributed by atoms with E-state index in [-0.39, 0.29) is 6.54 Å². The van der Waals surface area contributed by atoms with E-state index in [1.807, 2.05) is 35.2 Å². The van der Waals surface area contributed by atoms with Crippen LogP contribution in [0.1, 0.15) is 10.4 Å². The number of ether oxygens (including phenoxy) is 2. The second-order valence-electron chi connectivity index (χ2n) is 5.74. The fourth-order valence-corrected chi connectivity index (χ4v) is 2.80. The number of nitrogens with zero attached hydrogens (tertiary/aromatic N) is 1. The van der Waals surface area contributed by atoms with Crippen LogP contribution in [0.25, 0.3) is 10.8 Å². The highest BCUT2D eigenvalue weighted by molar-refractivity contribution is 6.05. The maximum atomic E-state index is 12.5. The Kier molecular flexibility index (Phi) is 5.08. The van der Waals surface area contributed by atoms with Gasteiger partial charge in [-0.05, 0) is 16.8 Å². The van der Waals surface area contributed by atoms with Crippen LogP contribution in [0.3, 0.4) is 0 Å². The lowest BCUT2D eigenvalue weighted by Crippen LogP contribution is -2.46. The number of fused-ring (bicyclic) bond motifs is 1. The fourth-order valence-electron chi connectivity index (χ4n) is 2.80. The predicted molar refractivity (Wildman–Crippen MR) is 89.6 cm³/mol. The van der Waals surface area contributed by atoms with E-state index in [4.69, 9.17) is 15.2 Å². The van der Waals surface area contributed by atoms with Crippen LogP contribution in [-0.4, -0.2) is 55.7 Å². The van der Waals surface area contributed by atoms with E-state index in [1.54, 1.807) is 12.1 Å².